The monoisotopic (exact) mass is 570 g/mol. The van der Waals surface area contributed by atoms with Crippen molar-refractivity contribution < 1.29 is 14.6 Å². The predicted molar refractivity (Wildman–Crippen MR) is 165 cm³/mol. The number of nitrogens with zero attached hydrogens (tertiary/aromatic N) is 1. The number of aliphatic carboxylic acids is 1. The van der Waals surface area contributed by atoms with E-state index in [1.54, 1.807) is 0 Å². The van der Waals surface area contributed by atoms with Gasteiger partial charge < -0.3 is 15.2 Å². The Morgan fingerprint density at radius 3 is 2.73 bits per heavy atom. The maximum Gasteiger partial charge on any atom is 0.329 e. The Bertz CT molecular complexity index is 1460. The number of carboxylic acid groups (broad SMARTS) is 1. The Morgan fingerprint density at radius 1 is 1.15 bits per heavy atom. The molecule has 3 aromatic rings. The zero-order valence-corrected chi connectivity index (χ0v) is 24.7. The molecular formula is C35H39ClN2O3. The van der Waals surface area contributed by atoms with Crippen LogP contribution in [0.15, 0.2) is 66.9 Å². The Hall–Kier alpha value is -3.31. The quantitative estimate of drug-likeness (QED) is 0.285. The van der Waals surface area contributed by atoms with Crippen molar-refractivity contribution in [1.29, 1.82) is 0 Å². The largest absolute Gasteiger partial charge is 0.493 e. The van der Waals surface area contributed by atoms with Crippen molar-refractivity contribution >= 4 is 29.3 Å². The molecule has 3 aliphatic rings. The molecule has 1 saturated carbocycles. The maximum atomic E-state index is 12.7. The normalized spacial score (nSPS) is 27.2. The third kappa shape index (κ3) is 5.25. The number of fused-ring (bicyclic) bond motifs is 3. The molecule has 0 saturated heterocycles. The second kappa shape index (κ2) is 11.2. The summed E-state index contributed by atoms with van der Waals surface area (Å²) in [5.74, 6) is 1.38. The summed E-state index contributed by atoms with van der Waals surface area (Å²) in [6, 6.07) is 18.2. The summed E-state index contributed by atoms with van der Waals surface area (Å²) in [6.07, 6.45) is 12.0. The molecule has 1 aromatic heterocycles. The molecule has 0 unspecified atom stereocenters. The van der Waals surface area contributed by atoms with Crippen LogP contribution in [0.4, 0.5) is 5.69 Å². The van der Waals surface area contributed by atoms with Crippen LogP contribution in [0.25, 0.3) is 6.08 Å². The average molecular weight is 571 g/mol. The van der Waals surface area contributed by atoms with Crippen molar-refractivity contribution in [2.75, 3.05) is 11.9 Å². The van der Waals surface area contributed by atoms with Crippen molar-refractivity contribution in [1.82, 2.24) is 4.98 Å². The third-order valence-corrected chi connectivity index (χ3v) is 10.1. The minimum absolute atomic E-state index is 0.0189. The summed E-state index contributed by atoms with van der Waals surface area (Å²) >= 11 is 6.21. The number of pyridine rings is 1. The summed E-state index contributed by atoms with van der Waals surface area (Å²) in [5.41, 5.74) is 4.82. The number of rotatable bonds is 8. The number of nitrogens with one attached hydrogen (secondary N) is 1. The van der Waals surface area contributed by atoms with Gasteiger partial charge in [-0.25, -0.2) is 4.79 Å². The predicted octanol–water partition coefficient (Wildman–Crippen LogP) is 8.28. The maximum absolute atomic E-state index is 12.7. The molecule has 6 rings (SSSR count). The van der Waals surface area contributed by atoms with Crippen LogP contribution in [0.2, 0.25) is 5.02 Å². The molecule has 2 aromatic carbocycles. The summed E-state index contributed by atoms with van der Waals surface area (Å²) < 4.78 is 6.47. The van der Waals surface area contributed by atoms with Gasteiger partial charge >= 0.3 is 5.97 Å². The SMILES string of the molecule is C[C@@H](COc1ccnc2c1[C@H](C)CC=C2)C[C@H]1Cc2ccccc2C12CCC(Nc1cccc(Cl)c1)(C(=O)O)CC2. The lowest BCUT2D eigenvalue weighted by molar-refractivity contribution is -0.144. The lowest BCUT2D eigenvalue weighted by Gasteiger charge is -2.47. The van der Waals surface area contributed by atoms with Crippen LogP contribution < -0.4 is 10.1 Å². The Balaban J connectivity index is 1.19. The van der Waals surface area contributed by atoms with E-state index >= 15 is 0 Å². The number of hydrogen-bond acceptors (Lipinski definition) is 4. The van der Waals surface area contributed by atoms with E-state index < -0.39 is 11.5 Å². The van der Waals surface area contributed by atoms with Crippen LogP contribution in [0.5, 0.6) is 5.75 Å². The molecule has 6 heteroatoms. The van der Waals surface area contributed by atoms with E-state index in [4.69, 9.17) is 16.3 Å². The summed E-state index contributed by atoms with van der Waals surface area (Å²) in [6.45, 7) is 5.19. The molecule has 1 fully saturated rings. The van der Waals surface area contributed by atoms with Crippen LogP contribution in [0.1, 0.15) is 80.7 Å². The first-order valence-electron chi connectivity index (χ1n) is 14.9. The van der Waals surface area contributed by atoms with Gasteiger partial charge in [0, 0.05) is 22.5 Å². The summed E-state index contributed by atoms with van der Waals surface area (Å²) in [7, 11) is 0. The smallest absolute Gasteiger partial charge is 0.329 e. The number of halogens is 1. The minimum Gasteiger partial charge on any atom is -0.493 e. The van der Waals surface area contributed by atoms with Gasteiger partial charge in [-0.1, -0.05) is 61.9 Å². The fourth-order valence-corrected chi connectivity index (χ4v) is 7.91. The number of anilines is 1. The van der Waals surface area contributed by atoms with E-state index in [1.165, 1.54) is 16.7 Å². The van der Waals surface area contributed by atoms with Gasteiger partial charge in [-0.15, -0.1) is 0 Å². The Labute approximate surface area is 248 Å². The van der Waals surface area contributed by atoms with Gasteiger partial charge in [0.2, 0.25) is 0 Å². The van der Waals surface area contributed by atoms with Crippen molar-refractivity contribution in [3.63, 3.8) is 0 Å². The summed E-state index contributed by atoms with van der Waals surface area (Å²) in [5, 5.41) is 14.4. The van der Waals surface area contributed by atoms with Crippen LogP contribution in [0, 0.1) is 11.8 Å². The Kier molecular flexibility index (Phi) is 7.58. The highest BCUT2D eigenvalue weighted by Crippen LogP contribution is 2.56. The zero-order chi connectivity index (χ0) is 28.6. The van der Waals surface area contributed by atoms with Crippen molar-refractivity contribution in [2.24, 2.45) is 11.8 Å². The molecule has 5 nitrogen and oxygen atoms in total. The molecule has 1 spiro atoms. The topological polar surface area (TPSA) is 71.5 Å². The molecule has 1 heterocycles. The van der Waals surface area contributed by atoms with Crippen molar-refractivity contribution in [3.8, 4) is 5.75 Å². The van der Waals surface area contributed by atoms with Crippen LogP contribution >= 0.6 is 11.6 Å². The number of hydrogen-bond donors (Lipinski definition) is 2. The number of ether oxygens (including phenoxy) is 1. The average Bonchev–Trinajstić information content (AvgIpc) is 3.25. The lowest BCUT2D eigenvalue weighted by Crippen LogP contribution is -2.53. The highest BCUT2D eigenvalue weighted by Gasteiger charge is 2.54. The second-order valence-corrected chi connectivity index (χ2v) is 13.0. The molecule has 3 atom stereocenters. The van der Waals surface area contributed by atoms with E-state index in [2.05, 4.69) is 60.6 Å². The first-order valence-corrected chi connectivity index (χ1v) is 15.3. The van der Waals surface area contributed by atoms with Crippen LogP contribution in [0.3, 0.4) is 0 Å². The van der Waals surface area contributed by atoms with Gasteiger partial charge in [0.15, 0.2) is 0 Å². The molecule has 214 valence electrons. The highest BCUT2D eigenvalue weighted by atomic mass is 35.5. The molecule has 0 radical (unpaired) electrons. The van der Waals surface area contributed by atoms with Crippen molar-refractivity contribution in [2.45, 2.75) is 75.7 Å². The molecule has 2 N–H and O–H groups in total. The first-order chi connectivity index (χ1) is 19.8. The molecular weight excluding hydrogens is 532 g/mol. The summed E-state index contributed by atoms with van der Waals surface area (Å²) in [4.78, 5) is 17.3. The van der Waals surface area contributed by atoms with Gasteiger partial charge in [-0.2, -0.15) is 0 Å². The van der Waals surface area contributed by atoms with E-state index in [-0.39, 0.29) is 5.41 Å². The third-order valence-electron chi connectivity index (χ3n) is 9.86. The fourth-order valence-electron chi connectivity index (χ4n) is 7.72. The van der Waals surface area contributed by atoms with Gasteiger partial charge in [0.1, 0.15) is 11.3 Å². The number of carbonyl (C=O) groups is 1. The minimum atomic E-state index is -1.00. The van der Waals surface area contributed by atoms with Gasteiger partial charge in [0.25, 0.3) is 0 Å². The first kappa shape index (κ1) is 27.8. The second-order valence-electron chi connectivity index (χ2n) is 12.5. The molecule has 0 aliphatic heterocycles. The van der Waals surface area contributed by atoms with Crippen LogP contribution in [-0.2, 0) is 16.6 Å². The Morgan fingerprint density at radius 2 is 1.95 bits per heavy atom. The molecule has 41 heavy (non-hydrogen) atoms. The number of carboxylic acids is 1. The van der Waals surface area contributed by atoms with E-state index in [0.717, 1.165) is 49.2 Å². The molecule has 0 bridgehead atoms. The number of aromatic nitrogens is 1. The molecule has 3 aliphatic carbocycles. The van der Waals surface area contributed by atoms with E-state index in [0.29, 0.717) is 42.2 Å². The zero-order valence-electron chi connectivity index (χ0n) is 23.9. The highest BCUT2D eigenvalue weighted by molar-refractivity contribution is 6.30. The van der Waals surface area contributed by atoms with Gasteiger partial charge in [-0.05, 0) is 110 Å². The van der Waals surface area contributed by atoms with E-state index in [9.17, 15) is 9.90 Å². The van der Waals surface area contributed by atoms with Gasteiger partial charge in [-0.3, -0.25) is 4.98 Å². The van der Waals surface area contributed by atoms with Crippen LogP contribution in [-0.4, -0.2) is 28.2 Å². The lowest BCUT2D eigenvalue weighted by atomic mass is 9.59. The number of benzene rings is 2. The van der Waals surface area contributed by atoms with Gasteiger partial charge in [0.05, 0.1) is 12.3 Å². The fraction of sp³-hybridized carbons (Fsp3) is 0.429. The molecule has 0 amide bonds. The number of allylic oxidation sites excluding steroid dienone is 1. The van der Waals surface area contributed by atoms with E-state index in [1.807, 2.05) is 36.5 Å². The standard InChI is InChI=1S/C35H39ClN2O3/c1-23(22-41-31-13-18-37-30-12-5-7-24(2)32(30)31)19-26-20-25-8-3-4-11-29(25)34(26)14-16-35(17-15-34,33(39)40)38-28-10-6-9-27(36)21-28/h3-6,8-13,18,21,23-24,26,38H,7,14-17,19-20,22H2,1-2H3,(H,39,40)/t23-,24-,26+,34?,35?/m1/s1. The van der Waals surface area contributed by atoms with Crippen molar-refractivity contribution in [3.05, 3.63) is 94.3 Å².